The van der Waals surface area contributed by atoms with Crippen LogP contribution in [0.15, 0.2) is 72.3 Å². The van der Waals surface area contributed by atoms with E-state index in [-0.39, 0.29) is 51.0 Å². The standard InChI is InChI=1S/C15H19.C13H9.2ClH.Zr/c1-2-4-14(3-1)15-8-11-5-12(9-15)7-13(6-11)10-15;1-3-7-12-10(5-1)9-11-6-2-4-8-13(11)12;;;/h1,3,11-13H,2,5-10H2;1-9H;2*1H;/q2*-1;;;+4/p-2. The van der Waals surface area contributed by atoms with Crippen LogP contribution in [0, 0.1) is 29.2 Å². The van der Waals surface area contributed by atoms with Gasteiger partial charge in [0, 0.05) is 0 Å². The Morgan fingerprint density at radius 2 is 1.23 bits per heavy atom. The second-order valence-corrected chi connectivity index (χ2v) is 9.71. The number of allylic oxidation sites excluding steroid dienone is 4. The molecule has 0 heterocycles. The van der Waals surface area contributed by atoms with Crippen molar-refractivity contribution in [1.29, 1.82) is 0 Å². The molecule has 3 aromatic carbocycles. The second kappa shape index (κ2) is 10.0. The summed E-state index contributed by atoms with van der Waals surface area (Å²) in [6, 6.07) is 19.3. The molecule has 4 bridgehead atoms. The molecular weight excluding hydrogens is 498 g/mol. The Labute approximate surface area is 217 Å². The van der Waals surface area contributed by atoms with Gasteiger partial charge in [-0.25, -0.2) is 11.6 Å². The molecule has 0 spiro atoms. The molecule has 5 aliphatic rings. The summed E-state index contributed by atoms with van der Waals surface area (Å²) >= 11 is 0. The Balaban J connectivity index is 0.000000162. The average molecular weight is 527 g/mol. The second-order valence-electron chi connectivity index (χ2n) is 9.71. The van der Waals surface area contributed by atoms with Crippen LogP contribution in [0.25, 0.3) is 21.5 Å². The van der Waals surface area contributed by atoms with Gasteiger partial charge in [-0.15, -0.1) is 46.2 Å². The smallest absolute Gasteiger partial charge is 1.00 e. The normalized spacial score (nSPS) is 29.4. The fourth-order valence-corrected chi connectivity index (χ4v) is 7.11. The van der Waals surface area contributed by atoms with Crippen LogP contribution in [0.4, 0.5) is 0 Å². The van der Waals surface area contributed by atoms with E-state index >= 15 is 0 Å². The zero-order chi connectivity index (χ0) is 18.6. The molecular formula is C28H28Cl2Zr. The first-order valence-electron chi connectivity index (χ1n) is 11.1. The van der Waals surface area contributed by atoms with Crippen LogP contribution in [0.2, 0.25) is 0 Å². The minimum atomic E-state index is 0. The van der Waals surface area contributed by atoms with Gasteiger partial charge in [0.1, 0.15) is 0 Å². The van der Waals surface area contributed by atoms with Crippen molar-refractivity contribution in [3.63, 3.8) is 0 Å². The molecule has 0 nitrogen and oxygen atoms in total. The quantitative estimate of drug-likeness (QED) is 0.423. The molecule has 3 aromatic rings. The van der Waals surface area contributed by atoms with Crippen molar-refractivity contribution in [3.05, 3.63) is 78.4 Å². The van der Waals surface area contributed by atoms with Gasteiger partial charge in [-0.1, -0.05) is 36.4 Å². The average Bonchev–Trinajstić information content (AvgIpc) is 3.36. The molecule has 158 valence electrons. The molecule has 0 unspecified atom stereocenters. The zero-order valence-electron chi connectivity index (χ0n) is 17.8. The van der Waals surface area contributed by atoms with Gasteiger partial charge in [0.05, 0.1) is 0 Å². The maximum atomic E-state index is 3.62. The number of fused-ring (bicyclic) bond motifs is 3. The van der Waals surface area contributed by atoms with Gasteiger partial charge in [-0.2, -0.15) is 6.08 Å². The third-order valence-corrected chi connectivity index (χ3v) is 7.83. The first-order valence-corrected chi connectivity index (χ1v) is 11.1. The van der Waals surface area contributed by atoms with Gasteiger partial charge in [-0.3, -0.25) is 6.08 Å². The van der Waals surface area contributed by atoms with E-state index in [2.05, 4.69) is 72.8 Å². The predicted octanol–water partition coefficient (Wildman–Crippen LogP) is 1.61. The number of halogens is 2. The van der Waals surface area contributed by atoms with E-state index < -0.39 is 0 Å². The molecule has 3 heteroatoms. The van der Waals surface area contributed by atoms with Crippen molar-refractivity contribution in [2.45, 2.75) is 44.9 Å². The van der Waals surface area contributed by atoms with E-state index in [4.69, 9.17) is 0 Å². The Hall–Kier alpha value is -0.747. The summed E-state index contributed by atoms with van der Waals surface area (Å²) in [5.41, 5.74) is 2.20. The molecule has 5 aliphatic carbocycles. The van der Waals surface area contributed by atoms with Gasteiger partial charge in [0.2, 0.25) is 0 Å². The topological polar surface area (TPSA) is 0 Å². The molecule has 0 saturated heterocycles. The minimum absolute atomic E-state index is 0. The zero-order valence-corrected chi connectivity index (χ0v) is 21.8. The van der Waals surface area contributed by atoms with Crippen molar-refractivity contribution in [3.8, 4) is 0 Å². The summed E-state index contributed by atoms with van der Waals surface area (Å²) in [5, 5.41) is 5.39. The van der Waals surface area contributed by atoms with Gasteiger partial charge < -0.3 is 24.8 Å². The predicted molar refractivity (Wildman–Crippen MR) is 118 cm³/mol. The molecule has 0 aromatic heterocycles. The summed E-state index contributed by atoms with van der Waals surface area (Å²) in [5.74, 6) is 3.21. The molecule has 8 rings (SSSR count). The molecule has 0 N–H and O–H groups in total. The fourth-order valence-electron chi connectivity index (χ4n) is 7.11. The summed E-state index contributed by atoms with van der Waals surface area (Å²) in [7, 11) is 0. The molecule has 0 aliphatic heterocycles. The molecule has 0 atom stereocenters. The first-order chi connectivity index (χ1) is 13.8. The van der Waals surface area contributed by atoms with Crippen LogP contribution in [0.5, 0.6) is 0 Å². The Bertz CT molecular complexity index is 1010. The van der Waals surface area contributed by atoms with E-state index in [1.165, 1.54) is 40.8 Å². The third kappa shape index (κ3) is 4.53. The molecule has 4 fully saturated rings. The maximum absolute atomic E-state index is 3.62. The summed E-state index contributed by atoms with van der Waals surface area (Å²) < 4.78 is 0. The Morgan fingerprint density at radius 1 is 0.742 bits per heavy atom. The number of benzene rings is 2. The number of hydrogen-bond donors (Lipinski definition) is 0. The minimum Gasteiger partial charge on any atom is -1.00 e. The van der Waals surface area contributed by atoms with E-state index in [1.54, 1.807) is 24.8 Å². The van der Waals surface area contributed by atoms with Crippen molar-refractivity contribution in [1.82, 2.24) is 0 Å². The van der Waals surface area contributed by atoms with Crippen LogP contribution in [0.3, 0.4) is 0 Å². The van der Waals surface area contributed by atoms with Crippen molar-refractivity contribution in [2.75, 3.05) is 0 Å². The Kier molecular flexibility index (Phi) is 8.05. The molecule has 4 saturated carbocycles. The number of rotatable bonds is 1. The molecule has 0 radical (unpaired) electrons. The van der Waals surface area contributed by atoms with Gasteiger partial charge in [-0.05, 0) is 61.7 Å². The van der Waals surface area contributed by atoms with Gasteiger partial charge in [0.15, 0.2) is 0 Å². The molecule has 31 heavy (non-hydrogen) atoms. The monoisotopic (exact) mass is 524 g/mol. The van der Waals surface area contributed by atoms with Gasteiger partial charge in [0.25, 0.3) is 0 Å². The SMILES string of the molecule is [C-]1=C(C23CC4CC(CC(C4)C2)C3)C=CC1.[Cl-].[Cl-].[Zr+4].c1ccc2c(c1)[cH-]c1ccccc12. The van der Waals surface area contributed by atoms with E-state index in [0.717, 1.165) is 24.2 Å². The third-order valence-electron chi connectivity index (χ3n) is 7.83. The van der Waals surface area contributed by atoms with Crippen LogP contribution in [-0.2, 0) is 26.2 Å². The Morgan fingerprint density at radius 3 is 1.68 bits per heavy atom. The van der Waals surface area contributed by atoms with Crippen LogP contribution in [-0.4, -0.2) is 0 Å². The largest absolute Gasteiger partial charge is 4.00 e. The summed E-state index contributed by atoms with van der Waals surface area (Å²) in [6.45, 7) is 0. The van der Waals surface area contributed by atoms with Crippen molar-refractivity contribution < 1.29 is 51.0 Å². The maximum Gasteiger partial charge on any atom is 4.00 e. The van der Waals surface area contributed by atoms with E-state index in [9.17, 15) is 0 Å². The fraction of sp³-hybridized carbons (Fsp3) is 0.393. The van der Waals surface area contributed by atoms with Crippen LogP contribution in [0.1, 0.15) is 44.9 Å². The van der Waals surface area contributed by atoms with Gasteiger partial charge >= 0.3 is 26.2 Å². The molecule has 0 amide bonds. The first kappa shape index (κ1) is 24.9. The number of hydrogen-bond acceptors (Lipinski definition) is 0. The van der Waals surface area contributed by atoms with E-state index in [0.29, 0.717) is 5.41 Å². The van der Waals surface area contributed by atoms with Crippen molar-refractivity contribution >= 4 is 21.5 Å². The summed E-state index contributed by atoms with van der Waals surface area (Å²) in [4.78, 5) is 0. The van der Waals surface area contributed by atoms with Crippen LogP contribution < -0.4 is 24.8 Å². The van der Waals surface area contributed by atoms with Crippen molar-refractivity contribution in [2.24, 2.45) is 23.2 Å². The van der Waals surface area contributed by atoms with Crippen LogP contribution >= 0.6 is 0 Å². The van der Waals surface area contributed by atoms with E-state index in [1.807, 2.05) is 0 Å². The summed E-state index contributed by atoms with van der Waals surface area (Å²) in [6.07, 6.45) is 18.5.